The smallest absolute Gasteiger partial charge is 0.119 e. The van der Waals surface area contributed by atoms with Gasteiger partial charge in [0.25, 0.3) is 0 Å². The second kappa shape index (κ2) is 10.1. The number of rotatable bonds is 10. The average molecular weight is 379 g/mol. The number of ether oxygens (including phenoxy) is 1. The number of nitrogens with one attached hydrogen (secondary N) is 1. The van der Waals surface area contributed by atoms with E-state index in [1.54, 1.807) is 7.11 Å². The van der Waals surface area contributed by atoms with Crippen molar-refractivity contribution in [3.8, 4) is 17.0 Å². The lowest BCUT2D eigenvalue weighted by Gasteiger charge is -2.10. The highest BCUT2D eigenvalue weighted by Gasteiger charge is 2.12. The van der Waals surface area contributed by atoms with Crippen LogP contribution in [0.2, 0.25) is 0 Å². The normalized spacial score (nSPS) is 11.1. The fourth-order valence-corrected chi connectivity index (χ4v) is 3.20. The van der Waals surface area contributed by atoms with Gasteiger partial charge in [-0.05, 0) is 51.3 Å². The Labute approximate surface area is 167 Å². The molecule has 5 nitrogen and oxygen atoms in total. The molecule has 3 rings (SSSR count). The summed E-state index contributed by atoms with van der Waals surface area (Å²) in [5, 5.41) is 8.45. The van der Waals surface area contributed by atoms with E-state index in [-0.39, 0.29) is 0 Å². The first-order chi connectivity index (χ1) is 13.7. The molecule has 0 aliphatic heterocycles. The predicted molar refractivity (Wildman–Crippen MR) is 115 cm³/mol. The van der Waals surface area contributed by atoms with Crippen LogP contribution in [0.4, 0.5) is 0 Å². The Bertz CT molecular complexity index is 858. The van der Waals surface area contributed by atoms with E-state index < -0.39 is 0 Å². The van der Waals surface area contributed by atoms with Gasteiger partial charge in [-0.3, -0.25) is 4.68 Å². The van der Waals surface area contributed by atoms with Gasteiger partial charge in [0.15, 0.2) is 0 Å². The van der Waals surface area contributed by atoms with Crippen LogP contribution in [0.3, 0.4) is 0 Å². The molecule has 2 aromatic carbocycles. The second-order valence-corrected chi connectivity index (χ2v) is 7.25. The van der Waals surface area contributed by atoms with Crippen LogP contribution in [-0.4, -0.2) is 49.0 Å². The van der Waals surface area contributed by atoms with Gasteiger partial charge in [-0.2, -0.15) is 5.10 Å². The zero-order valence-corrected chi connectivity index (χ0v) is 17.1. The third-order valence-electron chi connectivity index (χ3n) is 4.64. The minimum absolute atomic E-state index is 0.762. The number of methoxy groups -OCH3 is 1. The van der Waals surface area contributed by atoms with Crippen molar-refractivity contribution < 1.29 is 4.74 Å². The van der Waals surface area contributed by atoms with E-state index in [4.69, 9.17) is 9.84 Å². The summed E-state index contributed by atoms with van der Waals surface area (Å²) < 4.78 is 7.43. The largest absolute Gasteiger partial charge is 0.497 e. The quantitative estimate of drug-likeness (QED) is 0.547. The number of benzene rings is 2. The van der Waals surface area contributed by atoms with Crippen molar-refractivity contribution in [2.75, 3.05) is 34.3 Å². The van der Waals surface area contributed by atoms with E-state index in [9.17, 15) is 0 Å². The first kappa shape index (κ1) is 20.1. The summed E-state index contributed by atoms with van der Waals surface area (Å²) in [5.74, 6) is 0.847. The minimum atomic E-state index is 0.762. The molecule has 0 spiro atoms. The molecule has 1 heterocycles. The van der Waals surface area contributed by atoms with Crippen LogP contribution < -0.4 is 10.1 Å². The molecule has 5 heteroatoms. The Morgan fingerprint density at radius 1 is 1.07 bits per heavy atom. The lowest BCUT2D eigenvalue weighted by atomic mass is 10.1. The van der Waals surface area contributed by atoms with Gasteiger partial charge in [-0.15, -0.1) is 0 Å². The van der Waals surface area contributed by atoms with Crippen LogP contribution in [-0.2, 0) is 13.1 Å². The van der Waals surface area contributed by atoms with E-state index in [2.05, 4.69) is 60.8 Å². The fourth-order valence-electron chi connectivity index (χ4n) is 3.20. The van der Waals surface area contributed by atoms with Gasteiger partial charge in [0, 0.05) is 23.9 Å². The maximum absolute atomic E-state index is 5.40. The van der Waals surface area contributed by atoms with Gasteiger partial charge in [-0.1, -0.05) is 42.5 Å². The SMILES string of the molecule is COc1cccc(-c2nn(Cc3ccccc3)cc2CNCCCN(C)C)c1. The molecule has 28 heavy (non-hydrogen) atoms. The summed E-state index contributed by atoms with van der Waals surface area (Å²) in [6, 6.07) is 18.5. The van der Waals surface area contributed by atoms with Gasteiger partial charge < -0.3 is 15.0 Å². The van der Waals surface area contributed by atoms with Crippen LogP contribution in [0.5, 0.6) is 5.75 Å². The molecular formula is C23H30N4O. The molecule has 0 saturated carbocycles. The Hall–Kier alpha value is -2.63. The van der Waals surface area contributed by atoms with Crippen molar-refractivity contribution in [2.24, 2.45) is 0 Å². The highest BCUT2D eigenvalue weighted by molar-refractivity contribution is 5.64. The Kier molecular flexibility index (Phi) is 7.23. The Morgan fingerprint density at radius 2 is 1.89 bits per heavy atom. The summed E-state index contributed by atoms with van der Waals surface area (Å²) in [4.78, 5) is 2.21. The summed E-state index contributed by atoms with van der Waals surface area (Å²) in [6.07, 6.45) is 3.28. The molecule has 3 aromatic rings. The van der Waals surface area contributed by atoms with Gasteiger partial charge in [0.2, 0.25) is 0 Å². The molecule has 0 unspecified atom stereocenters. The highest BCUT2D eigenvalue weighted by atomic mass is 16.5. The van der Waals surface area contributed by atoms with Crippen molar-refractivity contribution in [3.05, 3.63) is 71.9 Å². The van der Waals surface area contributed by atoms with E-state index in [0.717, 1.165) is 49.6 Å². The number of hydrogen-bond donors (Lipinski definition) is 1. The highest BCUT2D eigenvalue weighted by Crippen LogP contribution is 2.26. The second-order valence-electron chi connectivity index (χ2n) is 7.25. The maximum atomic E-state index is 5.40. The van der Waals surface area contributed by atoms with Crippen LogP contribution >= 0.6 is 0 Å². The van der Waals surface area contributed by atoms with Gasteiger partial charge in [0.1, 0.15) is 5.75 Å². The van der Waals surface area contributed by atoms with E-state index in [0.29, 0.717) is 0 Å². The molecule has 0 atom stereocenters. The number of aromatic nitrogens is 2. The zero-order chi connectivity index (χ0) is 19.8. The fraction of sp³-hybridized carbons (Fsp3) is 0.348. The lowest BCUT2D eigenvalue weighted by molar-refractivity contribution is 0.394. The first-order valence-corrected chi connectivity index (χ1v) is 9.76. The summed E-state index contributed by atoms with van der Waals surface area (Å²) in [5.41, 5.74) is 4.54. The van der Waals surface area contributed by atoms with Crippen molar-refractivity contribution in [1.82, 2.24) is 20.0 Å². The van der Waals surface area contributed by atoms with Crippen molar-refractivity contribution in [3.63, 3.8) is 0 Å². The molecule has 0 aliphatic carbocycles. The summed E-state index contributed by atoms with van der Waals surface area (Å²) in [6.45, 7) is 3.63. The number of hydrogen-bond acceptors (Lipinski definition) is 4. The molecule has 0 amide bonds. The molecule has 0 radical (unpaired) electrons. The van der Waals surface area contributed by atoms with Crippen LogP contribution in [0.25, 0.3) is 11.3 Å². The van der Waals surface area contributed by atoms with Crippen molar-refractivity contribution in [2.45, 2.75) is 19.5 Å². The lowest BCUT2D eigenvalue weighted by Crippen LogP contribution is -2.21. The maximum Gasteiger partial charge on any atom is 0.119 e. The molecule has 148 valence electrons. The third kappa shape index (κ3) is 5.68. The Balaban J connectivity index is 1.78. The van der Waals surface area contributed by atoms with Crippen molar-refractivity contribution in [1.29, 1.82) is 0 Å². The number of nitrogens with zero attached hydrogens (tertiary/aromatic N) is 3. The Morgan fingerprint density at radius 3 is 2.64 bits per heavy atom. The summed E-state index contributed by atoms with van der Waals surface area (Å²) in [7, 11) is 5.91. The third-order valence-corrected chi connectivity index (χ3v) is 4.64. The predicted octanol–water partition coefficient (Wildman–Crippen LogP) is 3.65. The van der Waals surface area contributed by atoms with Crippen LogP contribution in [0.1, 0.15) is 17.5 Å². The molecule has 0 fully saturated rings. The van der Waals surface area contributed by atoms with Gasteiger partial charge >= 0.3 is 0 Å². The molecule has 1 N–H and O–H groups in total. The summed E-state index contributed by atoms with van der Waals surface area (Å²) >= 11 is 0. The van der Waals surface area contributed by atoms with Gasteiger partial charge in [0.05, 0.1) is 19.3 Å². The molecule has 0 bridgehead atoms. The zero-order valence-electron chi connectivity index (χ0n) is 17.1. The first-order valence-electron chi connectivity index (χ1n) is 9.76. The van der Waals surface area contributed by atoms with Crippen LogP contribution in [0, 0.1) is 0 Å². The topological polar surface area (TPSA) is 42.3 Å². The van der Waals surface area contributed by atoms with Crippen LogP contribution in [0.15, 0.2) is 60.8 Å². The van der Waals surface area contributed by atoms with Crippen molar-refractivity contribution >= 4 is 0 Å². The monoisotopic (exact) mass is 378 g/mol. The average Bonchev–Trinajstić information content (AvgIpc) is 3.11. The van der Waals surface area contributed by atoms with E-state index in [1.165, 1.54) is 11.1 Å². The van der Waals surface area contributed by atoms with E-state index in [1.807, 2.05) is 28.9 Å². The molecular weight excluding hydrogens is 348 g/mol. The molecule has 0 aliphatic rings. The minimum Gasteiger partial charge on any atom is -0.497 e. The molecule has 0 saturated heterocycles. The van der Waals surface area contributed by atoms with E-state index >= 15 is 0 Å². The van der Waals surface area contributed by atoms with Gasteiger partial charge in [-0.25, -0.2) is 0 Å². The standard InChI is InChI=1S/C23H30N4O/c1-26(2)14-8-13-24-16-21-18-27(17-19-9-5-4-6-10-19)25-23(21)20-11-7-12-22(15-20)28-3/h4-7,9-12,15,18,24H,8,13-14,16-17H2,1-3H3. The molecule has 1 aromatic heterocycles.